The Morgan fingerprint density at radius 2 is 0.488 bits per heavy atom. The largest absolute Gasteiger partial charge is 1.00 e. The predicted octanol–water partition coefficient (Wildman–Crippen LogP) is 18.5. The van der Waals surface area contributed by atoms with Crippen LogP contribution in [0.15, 0.2) is 0 Å². The third-order valence-electron chi connectivity index (χ3n) is 20.9. The summed E-state index contributed by atoms with van der Waals surface area (Å²) in [5.74, 6) is 2.55. The normalized spacial score (nSPS) is 13.3. The molecule has 0 aromatic heterocycles. The van der Waals surface area contributed by atoms with Gasteiger partial charge in [-0.15, -0.1) is 24.0 Å². The zero-order valence-corrected chi connectivity index (χ0v) is 93.0. The van der Waals surface area contributed by atoms with Crippen LogP contribution in [-0.4, -0.2) is 204 Å². The first-order valence-electron chi connectivity index (χ1n) is 50.5. The van der Waals surface area contributed by atoms with Gasteiger partial charge in [-0.3, -0.25) is 38.4 Å². The molecule has 0 aliphatic carbocycles. The molecule has 8 amide bonds. The molecule has 0 heterocycles. The van der Waals surface area contributed by atoms with Crippen LogP contribution in [-0.2, 0) is 76.3 Å². The van der Waals surface area contributed by atoms with E-state index in [2.05, 4.69) is 195 Å². The third kappa shape index (κ3) is 111. The van der Waals surface area contributed by atoms with Crippen molar-refractivity contribution < 1.29 is 130 Å². The van der Waals surface area contributed by atoms with E-state index in [-0.39, 0.29) is 178 Å². The van der Waals surface area contributed by atoms with Crippen LogP contribution in [0.5, 0.6) is 0 Å². The molecule has 0 fully saturated rings. The van der Waals surface area contributed by atoms with Crippen molar-refractivity contribution in [2.45, 2.75) is 417 Å². The molecule has 26 heteroatoms. The number of amides is 8. The van der Waals surface area contributed by atoms with Crippen LogP contribution in [0, 0.1) is 57.2 Å². The Kier molecular flexibility index (Phi) is 103. The van der Waals surface area contributed by atoms with Gasteiger partial charge < -0.3 is 81.9 Å². The molecule has 0 bridgehead atoms. The molecule has 768 valence electrons. The summed E-state index contributed by atoms with van der Waals surface area (Å²) in [5, 5.41) is 23.5. The summed E-state index contributed by atoms with van der Waals surface area (Å²) in [6.45, 7) is 62.6. The number of halogens is 1. The van der Waals surface area contributed by atoms with Gasteiger partial charge in [0.1, 0.15) is 0 Å². The molecule has 8 atom stereocenters. The molecule has 0 rings (SSSR count). The molecular formula is C103H212IKN8O16. The zero-order chi connectivity index (χ0) is 95.6. The molecule has 0 aromatic carbocycles. The molecular weight excluding hydrogens is 1770 g/mol. The summed E-state index contributed by atoms with van der Waals surface area (Å²) in [6, 6.07) is -0.0599. The maximum atomic E-state index is 12.2. The predicted molar refractivity (Wildman–Crippen MR) is 547 cm³/mol. The maximum Gasteiger partial charge on any atom is 1.00 e. The van der Waals surface area contributed by atoms with E-state index < -0.39 is 0 Å². The Balaban J connectivity index is -0.000000215. The van der Waals surface area contributed by atoms with E-state index in [1.54, 1.807) is 0 Å². The van der Waals surface area contributed by atoms with Crippen molar-refractivity contribution in [2.24, 2.45) is 57.2 Å². The van der Waals surface area contributed by atoms with Crippen molar-refractivity contribution in [1.29, 1.82) is 0 Å². The zero-order valence-electron chi connectivity index (χ0n) is 88.6. The molecule has 129 heavy (non-hydrogen) atoms. The molecule has 0 radical (unpaired) electrons. The average Bonchev–Trinajstić information content (AvgIpc) is 0.991. The van der Waals surface area contributed by atoms with Gasteiger partial charge in [0.2, 0.25) is 47.3 Å². The fourth-order valence-corrected chi connectivity index (χ4v) is 15.4. The maximum absolute atomic E-state index is 12.2. The van der Waals surface area contributed by atoms with E-state index in [0.717, 1.165) is 103 Å². The average molecular weight is 1980 g/mol. The SMILES string of the molecule is C.CC(CC(=O)NC(C)COCCOCC(C)NC(=O)CC(C)CC(C)(C)C)CC(C)(C)C.CC(CC(=O)NCCOCCOCCNC(=O)CC(C)CC(C)(C)C)CC(C)(C)C.CCCCC(CC)C(=O)NCCOCCOCCNC(=O)C(CC)CCCC.CCCCCCCCCCCC(=O)NCCOCCOCCNC(=O)CCCCCCCCCCC.I.[H-].[HH].[K+]. The molecule has 0 aliphatic rings. The van der Waals surface area contributed by atoms with Crippen LogP contribution in [0.4, 0.5) is 0 Å². The number of carbonyl (C=O) groups excluding carboxylic acids is 8. The van der Waals surface area contributed by atoms with Crippen LogP contribution in [0.25, 0.3) is 0 Å². The van der Waals surface area contributed by atoms with E-state index in [0.29, 0.717) is 207 Å². The summed E-state index contributed by atoms with van der Waals surface area (Å²) >= 11 is 0. The van der Waals surface area contributed by atoms with E-state index in [1.165, 1.54) is 89.9 Å². The quantitative estimate of drug-likeness (QED) is 0.0159. The number of hydrogen-bond donors (Lipinski definition) is 8. The van der Waals surface area contributed by atoms with Crippen LogP contribution >= 0.6 is 24.0 Å². The van der Waals surface area contributed by atoms with Gasteiger partial charge in [-0.1, -0.05) is 288 Å². The molecule has 0 aliphatic heterocycles. The number of rotatable bonds is 78. The number of carbonyl (C=O) groups is 8. The first kappa shape index (κ1) is 140. The van der Waals surface area contributed by atoms with E-state index in [4.69, 9.17) is 37.9 Å². The second-order valence-electron chi connectivity index (χ2n) is 40.7. The summed E-state index contributed by atoms with van der Waals surface area (Å²) in [7, 11) is 0. The second-order valence-corrected chi connectivity index (χ2v) is 40.7. The van der Waals surface area contributed by atoms with Crippen LogP contribution in [0.2, 0.25) is 0 Å². The smallest absolute Gasteiger partial charge is 1.00 e. The number of hydrogen-bond acceptors (Lipinski definition) is 16. The number of unbranched alkanes of at least 4 members (excludes halogenated alkanes) is 18. The Hall–Kier alpha value is -2.19. The minimum Gasteiger partial charge on any atom is -1.00 e. The van der Waals surface area contributed by atoms with Crippen molar-refractivity contribution in [3.8, 4) is 0 Å². The minimum atomic E-state index is -0.0300. The fourth-order valence-electron chi connectivity index (χ4n) is 15.4. The third-order valence-corrected chi connectivity index (χ3v) is 20.9. The van der Waals surface area contributed by atoms with Crippen molar-refractivity contribution in [3.63, 3.8) is 0 Å². The van der Waals surface area contributed by atoms with Gasteiger partial charge in [-0.05, 0) is 123 Å². The molecule has 8 N–H and O–H groups in total. The van der Waals surface area contributed by atoms with E-state index >= 15 is 0 Å². The first-order valence-corrected chi connectivity index (χ1v) is 50.5. The van der Waals surface area contributed by atoms with Gasteiger partial charge in [0.05, 0.1) is 106 Å². The van der Waals surface area contributed by atoms with Crippen LogP contribution in [0.1, 0.15) is 408 Å². The molecule has 24 nitrogen and oxygen atoms in total. The Morgan fingerprint density at radius 3 is 0.721 bits per heavy atom. The molecule has 0 saturated heterocycles. The molecule has 0 aromatic rings. The summed E-state index contributed by atoms with van der Waals surface area (Å²) < 4.78 is 44.1. The van der Waals surface area contributed by atoms with E-state index in [9.17, 15) is 38.4 Å². The number of ether oxygens (including phenoxy) is 8. The van der Waals surface area contributed by atoms with Gasteiger partial charge in [0.15, 0.2) is 0 Å². The van der Waals surface area contributed by atoms with Gasteiger partial charge in [0.25, 0.3) is 0 Å². The standard InChI is InChI=1S/C30H60N2O4.C26H52N2O4.C24H48N2O4.C22H44N2O4.CH4.HI.K.H2.H/c1-3-5-7-9-11-13-15-17-19-21-29(33)31-23-25-35-27-28-36-26-24-32-30(34)22-20-18-16-14-12-10-8-6-4-2;1-19(15-25(5,6)7)13-23(29)27-21(3)17-31-11-12-32-18-22(4)28-24(30)14-20(2)16-26(8,9)10;1-19(17-23(3,4)5)15-21(27)25-9-11-29-13-14-30-12-10-26-22(28)16-20(2)18-24(6,7)8;1-5-9-11-19(7-3)21(25)23-13-15-27-17-18-28-16-14-24-22(26)20(8-4)12-10-6-2;;;;;/h3-28H2,1-2H3,(H,31,33)(H,32,34);19-22H,11-18H2,1-10H3,(H,27,29)(H,28,30);19-20H,9-18H2,1-8H3,(H,25,27)(H,26,28);19-20H,5-18H2,1-4H3,(H,23,25)(H,24,26);1H4;1H;;1H;/q;;;;;;+1;;-1. The van der Waals surface area contributed by atoms with Crippen molar-refractivity contribution in [3.05, 3.63) is 0 Å². The molecule has 8 unspecified atom stereocenters. The van der Waals surface area contributed by atoms with Crippen LogP contribution in [0.3, 0.4) is 0 Å². The van der Waals surface area contributed by atoms with Crippen molar-refractivity contribution >= 4 is 71.2 Å². The van der Waals surface area contributed by atoms with E-state index in [1.807, 2.05) is 13.8 Å². The van der Waals surface area contributed by atoms with Gasteiger partial charge in [-0.25, -0.2) is 0 Å². The van der Waals surface area contributed by atoms with Crippen LogP contribution < -0.4 is 93.9 Å². The van der Waals surface area contributed by atoms with Gasteiger partial charge in [0, 0.05) is 103 Å². The minimum absolute atomic E-state index is 0. The Morgan fingerprint density at radius 1 is 0.279 bits per heavy atom. The number of nitrogens with one attached hydrogen (secondary N) is 8. The van der Waals surface area contributed by atoms with Crippen molar-refractivity contribution in [2.75, 3.05) is 145 Å². The second kappa shape index (κ2) is 94.8. The summed E-state index contributed by atoms with van der Waals surface area (Å²) in [5.41, 5.74) is 0.964. The first-order chi connectivity index (χ1) is 59.7. The van der Waals surface area contributed by atoms with Gasteiger partial charge in [-0.2, -0.15) is 0 Å². The molecule has 0 spiro atoms. The Labute approximate surface area is 856 Å². The summed E-state index contributed by atoms with van der Waals surface area (Å²) in [4.78, 5) is 95.9. The molecule has 0 saturated carbocycles. The van der Waals surface area contributed by atoms with Crippen molar-refractivity contribution in [1.82, 2.24) is 42.5 Å². The fraction of sp³-hybridized carbons (Fsp3) is 0.922. The Bertz CT molecular complexity index is 2420. The van der Waals surface area contributed by atoms with Gasteiger partial charge >= 0.3 is 51.4 Å². The summed E-state index contributed by atoms with van der Waals surface area (Å²) in [6.07, 6.45) is 38.4. The topological polar surface area (TPSA) is 307 Å². The monoisotopic (exact) mass is 1980 g/mol.